The van der Waals surface area contributed by atoms with Crippen molar-refractivity contribution in [2.45, 2.75) is 136 Å². The molecule has 2 atom stereocenters. The van der Waals surface area contributed by atoms with E-state index in [4.69, 9.17) is 4.74 Å². The molecule has 0 aromatic heterocycles. The second kappa shape index (κ2) is 25.4. The van der Waals surface area contributed by atoms with Crippen molar-refractivity contribution in [1.29, 1.82) is 0 Å². The van der Waals surface area contributed by atoms with E-state index in [-0.39, 0.29) is 5.48 Å². The molecule has 1 rings (SSSR count). The summed E-state index contributed by atoms with van der Waals surface area (Å²) in [5, 5.41) is 0. The van der Waals surface area contributed by atoms with Crippen molar-refractivity contribution in [1.82, 2.24) is 0 Å². The minimum atomic E-state index is 0. The lowest BCUT2D eigenvalue weighted by molar-refractivity contribution is 0.0898. The summed E-state index contributed by atoms with van der Waals surface area (Å²) in [6, 6.07) is 0. The summed E-state index contributed by atoms with van der Waals surface area (Å²) in [7, 11) is 1.81. The maximum atomic E-state index is 5.25. The summed E-state index contributed by atoms with van der Waals surface area (Å²) in [5.41, 5.74) is 0. The minimum absolute atomic E-state index is 0. The summed E-state index contributed by atoms with van der Waals surface area (Å²) < 4.78 is 5.25. The number of hydrogen-bond donors (Lipinski definition) is 0. The molecular weight excluding hydrogens is 356 g/mol. The quantitative estimate of drug-likeness (QED) is 0.185. The van der Waals surface area contributed by atoms with E-state index in [1.165, 1.54) is 103 Å². The minimum Gasteiger partial charge on any atom is -0.412 e. The van der Waals surface area contributed by atoms with Gasteiger partial charge in [0, 0.05) is 7.11 Å². The zero-order chi connectivity index (χ0) is 20.7. The molecule has 0 aliphatic heterocycles. The highest BCUT2D eigenvalue weighted by Crippen LogP contribution is 2.22. The van der Waals surface area contributed by atoms with Crippen LogP contribution in [-0.2, 0) is 4.74 Å². The zero-order valence-electron chi connectivity index (χ0n) is 20.4. The first-order valence-corrected chi connectivity index (χ1v) is 12.6. The Labute approximate surface area is 183 Å². The molecule has 2 N–H and O–H groups in total. The molecule has 0 radical (unpaired) electrons. The van der Waals surface area contributed by atoms with E-state index >= 15 is 0 Å². The summed E-state index contributed by atoms with van der Waals surface area (Å²) >= 11 is 0. The summed E-state index contributed by atoms with van der Waals surface area (Å²) in [6.45, 7) is 6.62. The molecule has 0 heterocycles. The van der Waals surface area contributed by atoms with Gasteiger partial charge in [0.1, 0.15) is 0 Å². The van der Waals surface area contributed by atoms with E-state index < -0.39 is 0 Å². The van der Waals surface area contributed by atoms with Crippen LogP contribution in [0, 0.1) is 5.92 Å². The SMILES string of the molecule is CC/C=C\CCCCCCCCC1C=CCCC1.CCCCCC(CC)OC.O. The van der Waals surface area contributed by atoms with Crippen LogP contribution in [0.1, 0.15) is 130 Å². The van der Waals surface area contributed by atoms with E-state index in [1.807, 2.05) is 0 Å². The van der Waals surface area contributed by atoms with Gasteiger partial charge in [0.15, 0.2) is 0 Å². The van der Waals surface area contributed by atoms with Crippen LogP contribution in [0.3, 0.4) is 0 Å². The Balaban J connectivity index is 0. The fourth-order valence-corrected chi connectivity index (χ4v) is 3.89. The second-order valence-electron chi connectivity index (χ2n) is 8.46. The van der Waals surface area contributed by atoms with Gasteiger partial charge in [-0.25, -0.2) is 0 Å². The molecule has 2 nitrogen and oxygen atoms in total. The molecule has 0 saturated heterocycles. The molecule has 0 amide bonds. The Hall–Kier alpha value is -0.600. The van der Waals surface area contributed by atoms with Crippen LogP contribution in [-0.4, -0.2) is 18.7 Å². The second-order valence-corrected chi connectivity index (χ2v) is 8.46. The molecule has 0 fully saturated rings. The van der Waals surface area contributed by atoms with Crippen molar-refractivity contribution in [2.75, 3.05) is 7.11 Å². The van der Waals surface area contributed by atoms with Crippen LogP contribution in [0.5, 0.6) is 0 Å². The molecule has 0 aromatic carbocycles. The van der Waals surface area contributed by atoms with E-state index in [1.54, 1.807) is 7.11 Å². The maximum Gasteiger partial charge on any atom is 0.0568 e. The predicted molar refractivity (Wildman–Crippen MR) is 132 cm³/mol. The van der Waals surface area contributed by atoms with Gasteiger partial charge < -0.3 is 10.2 Å². The van der Waals surface area contributed by atoms with Crippen LogP contribution in [0.25, 0.3) is 0 Å². The first-order valence-electron chi connectivity index (χ1n) is 12.6. The number of hydrogen-bond acceptors (Lipinski definition) is 1. The highest BCUT2D eigenvalue weighted by atomic mass is 16.5. The topological polar surface area (TPSA) is 40.7 Å². The van der Waals surface area contributed by atoms with Crippen molar-refractivity contribution >= 4 is 0 Å². The molecule has 29 heavy (non-hydrogen) atoms. The molecule has 2 heteroatoms. The first kappa shape index (κ1) is 30.6. The average Bonchev–Trinajstić information content (AvgIpc) is 2.74. The van der Waals surface area contributed by atoms with Gasteiger partial charge in [0.2, 0.25) is 0 Å². The van der Waals surface area contributed by atoms with Crippen LogP contribution < -0.4 is 0 Å². The zero-order valence-corrected chi connectivity index (χ0v) is 20.4. The van der Waals surface area contributed by atoms with Gasteiger partial charge in [-0.15, -0.1) is 0 Å². The van der Waals surface area contributed by atoms with E-state index in [0.717, 1.165) is 12.3 Å². The standard InChI is InChI=1S/C18H32.C9H20O.H2O/c1-2-3-4-5-6-7-8-9-10-12-15-18-16-13-11-14-17-18;1-4-6-7-8-9(5-2)10-3;/h3-4,13,16,18H,2,5-12,14-15,17H2,1H3;9H,4-8H2,1-3H3;1H2/b4-3-;;. The third kappa shape index (κ3) is 21.9. The number of allylic oxidation sites excluding steroid dienone is 4. The van der Waals surface area contributed by atoms with Gasteiger partial charge in [-0.1, -0.05) is 96.4 Å². The maximum absolute atomic E-state index is 5.25. The Morgan fingerprint density at radius 1 is 0.931 bits per heavy atom. The van der Waals surface area contributed by atoms with Crippen LogP contribution >= 0.6 is 0 Å². The molecule has 1 aliphatic carbocycles. The van der Waals surface area contributed by atoms with Gasteiger partial charge in [0.05, 0.1) is 6.10 Å². The largest absolute Gasteiger partial charge is 0.412 e. The Morgan fingerprint density at radius 2 is 1.66 bits per heavy atom. The van der Waals surface area contributed by atoms with Gasteiger partial charge in [-0.05, 0) is 63.7 Å². The van der Waals surface area contributed by atoms with E-state index in [2.05, 4.69) is 45.1 Å². The molecule has 0 bridgehead atoms. The van der Waals surface area contributed by atoms with Gasteiger partial charge in [-0.2, -0.15) is 0 Å². The molecule has 1 aliphatic rings. The Kier molecular flexibility index (Phi) is 26.8. The number of ether oxygens (including phenoxy) is 1. The lowest BCUT2D eigenvalue weighted by atomic mass is 9.91. The van der Waals surface area contributed by atoms with Crippen molar-refractivity contribution in [2.24, 2.45) is 5.92 Å². The lowest BCUT2D eigenvalue weighted by Crippen LogP contribution is -2.07. The van der Waals surface area contributed by atoms with Crippen LogP contribution in [0.15, 0.2) is 24.3 Å². The molecule has 174 valence electrons. The average molecular weight is 411 g/mol. The molecule has 2 unspecified atom stereocenters. The lowest BCUT2D eigenvalue weighted by Gasteiger charge is -2.15. The van der Waals surface area contributed by atoms with Crippen molar-refractivity contribution < 1.29 is 10.2 Å². The molecular formula is C27H54O2. The third-order valence-corrected chi connectivity index (χ3v) is 5.87. The summed E-state index contributed by atoms with van der Waals surface area (Å²) in [6.07, 6.45) is 33.1. The Bertz CT molecular complexity index is 344. The Morgan fingerprint density at radius 3 is 2.24 bits per heavy atom. The third-order valence-electron chi connectivity index (χ3n) is 5.87. The number of methoxy groups -OCH3 is 1. The first-order chi connectivity index (χ1) is 13.8. The molecule has 0 saturated carbocycles. The fraction of sp³-hybridized carbons (Fsp3) is 0.852. The normalized spacial score (nSPS) is 16.9. The smallest absolute Gasteiger partial charge is 0.0568 e. The van der Waals surface area contributed by atoms with Crippen molar-refractivity contribution in [3.63, 3.8) is 0 Å². The van der Waals surface area contributed by atoms with Gasteiger partial charge in [0.25, 0.3) is 0 Å². The van der Waals surface area contributed by atoms with Crippen LogP contribution in [0.4, 0.5) is 0 Å². The predicted octanol–water partition coefficient (Wildman–Crippen LogP) is 8.60. The summed E-state index contributed by atoms with van der Waals surface area (Å²) in [5.74, 6) is 0.915. The molecule has 0 aromatic rings. The van der Waals surface area contributed by atoms with E-state index in [0.29, 0.717) is 6.10 Å². The van der Waals surface area contributed by atoms with E-state index in [9.17, 15) is 0 Å². The van der Waals surface area contributed by atoms with Crippen molar-refractivity contribution in [3.8, 4) is 0 Å². The van der Waals surface area contributed by atoms with Gasteiger partial charge in [-0.3, -0.25) is 0 Å². The monoisotopic (exact) mass is 410 g/mol. The van der Waals surface area contributed by atoms with Crippen molar-refractivity contribution in [3.05, 3.63) is 24.3 Å². The number of rotatable bonds is 16. The fourth-order valence-electron chi connectivity index (χ4n) is 3.89. The molecule has 0 spiro atoms. The summed E-state index contributed by atoms with van der Waals surface area (Å²) in [4.78, 5) is 0. The highest BCUT2D eigenvalue weighted by molar-refractivity contribution is 4.92. The van der Waals surface area contributed by atoms with Gasteiger partial charge >= 0.3 is 0 Å². The number of unbranched alkanes of at least 4 members (excludes halogenated alkanes) is 8. The highest BCUT2D eigenvalue weighted by Gasteiger charge is 2.07. The van der Waals surface area contributed by atoms with Crippen LogP contribution in [0.2, 0.25) is 0 Å².